The van der Waals surface area contributed by atoms with Crippen LogP contribution in [0.2, 0.25) is 0 Å². The zero-order valence-corrected chi connectivity index (χ0v) is 18.5. The molecule has 2 aromatic carbocycles. The Labute approximate surface area is 182 Å². The van der Waals surface area contributed by atoms with Crippen molar-refractivity contribution in [2.24, 2.45) is 0 Å². The van der Waals surface area contributed by atoms with Crippen LogP contribution in [0, 0.1) is 6.92 Å². The highest BCUT2D eigenvalue weighted by molar-refractivity contribution is 7.89. The summed E-state index contributed by atoms with van der Waals surface area (Å²) < 4.78 is 32.2. The molecule has 1 aliphatic rings. The molecule has 1 N–H and O–H groups in total. The Morgan fingerprint density at radius 2 is 1.65 bits per heavy atom. The number of piperazine rings is 1. The minimum absolute atomic E-state index is 0.224. The standard InChI is InChI=1S/C22H27N3O5S/c1-17-7-9-19(10-8-17)31(28,29)25-15-13-24(14-16-25)12-11-23-22(27)20-5-3-4-6-21(20)30-18(2)26/h3-10H,11-16H2,1-2H3,(H,23,27). The van der Waals surface area contributed by atoms with E-state index in [1.54, 1.807) is 48.5 Å². The van der Waals surface area contributed by atoms with Crippen molar-refractivity contribution in [1.29, 1.82) is 0 Å². The van der Waals surface area contributed by atoms with Gasteiger partial charge in [0.2, 0.25) is 10.0 Å². The van der Waals surface area contributed by atoms with Crippen LogP contribution in [-0.2, 0) is 14.8 Å². The van der Waals surface area contributed by atoms with E-state index < -0.39 is 16.0 Å². The number of carbonyl (C=O) groups excluding carboxylic acids is 2. The van der Waals surface area contributed by atoms with Crippen LogP contribution in [0.15, 0.2) is 53.4 Å². The number of ether oxygens (including phenoxy) is 1. The van der Waals surface area contributed by atoms with E-state index in [0.717, 1.165) is 5.56 Å². The number of hydrogen-bond acceptors (Lipinski definition) is 6. The summed E-state index contributed by atoms with van der Waals surface area (Å²) in [6.07, 6.45) is 0. The van der Waals surface area contributed by atoms with Crippen LogP contribution < -0.4 is 10.1 Å². The second kappa shape index (κ2) is 10.0. The molecule has 0 bridgehead atoms. The number of rotatable bonds is 7. The molecule has 0 unspecified atom stereocenters. The molecule has 166 valence electrons. The molecular formula is C22H27N3O5S. The molecular weight excluding hydrogens is 418 g/mol. The van der Waals surface area contributed by atoms with Crippen molar-refractivity contribution in [1.82, 2.24) is 14.5 Å². The molecule has 1 fully saturated rings. The number of para-hydroxylation sites is 1. The molecule has 8 nitrogen and oxygen atoms in total. The fourth-order valence-electron chi connectivity index (χ4n) is 3.37. The van der Waals surface area contributed by atoms with Crippen LogP contribution in [0.5, 0.6) is 5.75 Å². The van der Waals surface area contributed by atoms with Gasteiger partial charge >= 0.3 is 5.97 Å². The summed E-state index contributed by atoms with van der Waals surface area (Å²) in [4.78, 5) is 26.1. The number of benzene rings is 2. The molecule has 0 aliphatic carbocycles. The summed E-state index contributed by atoms with van der Waals surface area (Å²) in [5.41, 5.74) is 1.31. The van der Waals surface area contributed by atoms with E-state index in [2.05, 4.69) is 10.2 Å². The summed E-state index contributed by atoms with van der Waals surface area (Å²) in [6, 6.07) is 13.4. The number of sulfonamides is 1. The minimum atomic E-state index is -3.49. The lowest BCUT2D eigenvalue weighted by atomic mass is 10.2. The Balaban J connectivity index is 1.48. The van der Waals surface area contributed by atoms with Gasteiger partial charge in [-0.1, -0.05) is 29.8 Å². The summed E-state index contributed by atoms with van der Waals surface area (Å²) in [5.74, 6) is -0.585. The molecule has 2 aromatic rings. The molecule has 1 heterocycles. The van der Waals surface area contributed by atoms with Gasteiger partial charge in [0, 0.05) is 46.2 Å². The van der Waals surface area contributed by atoms with Gasteiger partial charge in [-0.25, -0.2) is 8.42 Å². The molecule has 0 atom stereocenters. The quantitative estimate of drug-likeness (QED) is 0.514. The second-order valence-corrected chi connectivity index (χ2v) is 9.34. The summed E-state index contributed by atoms with van der Waals surface area (Å²) >= 11 is 0. The summed E-state index contributed by atoms with van der Waals surface area (Å²) in [6.45, 7) is 6.18. The molecule has 0 spiro atoms. The molecule has 31 heavy (non-hydrogen) atoms. The molecule has 1 aliphatic heterocycles. The highest BCUT2D eigenvalue weighted by Gasteiger charge is 2.28. The van der Waals surface area contributed by atoms with Gasteiger partial charge in [0.1, 0.15) is 5.75 Å². The zero-order chi connectivity index (χ0) is 22.4. The van der Waals surface area contributed by atoms with E-state index in [4.69, 9.17) is 4.74 Å². The smallest absolute Gasteiger partial charge is 0.308 e. The van der Waals surface area contributed by atoms with E-state index in [1.807, 2.05) is 6.92 Å². The van der Waals surface area contributed by atoms with E-state index in [1.165, 1.54) is 11.2 Å². The Hall–Kier alpha value is -2.75. The number of nitrogens with one attached hydrogen (secondary N) is 1. The van der Waals surface area contributed by atoms with Crippen molar-refractivity contribution in [3.8, 4) is 5.75 Å². The topological polar surface area (TPSA) is 96.0 Å². The predicted octanol–water partition coefficient (Wildman–Crippen LogP) is 1.66. The number of amides is 1. The lowest BCUT2D eigenvalue weighted by Gasteiger charge is -2.34. The Morgan fingerprint density at radius 3 is 2.29 bits per heavy atom. The van der Waals surface area contributed by atoms with Crippen molar-refractivity contribution in [2.75, 3.05) is 39.3 Å². The van der Waals surface area contributed by atoms with E-state index >= 15 is 0 Å². The first-order valence-electron chi connectivity index (χ1n) is 10.1. The monoisotopic (exact) mass is 445 g/mol. The first kappa shape index (κ1) is 22.9. The zero-order valence-electron chi connectivity index (χ0n) is 17.7. The maximum atomic E-state index is 12.8. The van der Waals surface area contributed by atoms with Gasteiger partial charge in [0.25, 0.3) is 5.91 Å². The van der Waals surface area contributed by atoms with Gasteiger partial charge in [-0.2, -0.15) is 4.31 Å². The highest BCUT2D eigenvalue weighted by atomic mass is 32.2. The predicted molar refractivity (Wildman–Crippen MR) is 116 cm³/mol. The van der Waals surface area contributed by atoms with Crippen LogP contribution in [0.3, 0.4) is 0 Å². The van der Waals surface area contributed by atoms with Crippen LogP contribution in [0.1, 0.15) is 22.8 Å². The Morgan fingerprint density at radius 1 is 1.00 bits per heavy atom. The maximum absolute atomic E-state index is 12.8. The lowest BCUT2D eigenvalue weighted by molar-refractivity contribution is -0.131. The first-order valence-corrected chi connectivity index (χ1v) is 11.6. The van der Waals surface area contributed by atoms with Crippen molar-refractivity contribution in [3.63, 3.8) is 0 Å². The molecule has 0 aromatic heterocycles. The van der Waals surface area contributed by atoms with Crippen LogP contribution in [0.25, 0.3) is 0 Å². The molecule has 3 rings (SSSR count). The van der Waals surface area contributed by atoms with E-state index in [0.29, 0.717) is 49.7 Å². The first-order chi connectivity index (χ1) is 14.8. The van der Waals surface area contributed by atoms with Crippen LogP contribution >= 0.6 is 0 Å². The number of carbonyl (C=O) groups is 2. The summed E-state index contributed by atoms with van der Waals surface area (Å²) in [7, 11) is -3.49. The van der Waals surface area contributed by atoms with Crippen molar-refractivity contribution in [3.05, 3.63) is 59.7 Å². The maximum Gasteiger partial charge on any atom is 0.308 e. The summed E-state index contributed by atoms with van der Waals surface area (Å²) in [5, 5.41) is 2.83. The van der Waals surface area contributed by atoms with E-state index in [9.17, 15) is 18.0 Å². The van der Waals surface area contributed by atoms with Gasteiger partial charge in [-0.05, 0) is 31.2 Å². The normalized spacial score (nSPS) is 15.4. The largest absolute Gasteiger partial charge is 0.426 e. The average molecular weight is 446 g/mol. The fraction of sp³-hybridized carbons (Fsp3) is 0.364. The molecule has 1 amide bonds. The molecule has 0 radical (unpaired) electrons. The number of nitrogens with zero attached hydrogens (tertiary/aromatic N) is 2. The molecule has 0 saturated carbocycles. The van der Waals surface area contributed by atoms with Crippen LogP contribution in [0.4, 0.5) is 0 Å². The third-order valence-corrected chi connectivity index (χ3v) is 7.00. The van der Waals surface area contributed by atoms with Crippen LogP contribution in [-0.4, -0.2) is 68.8 Å². The third kappa shape index (κ3) is 5.90. The van der Waals surface area contributed by atoms with Crippen molar-refractivity contribution in [2.45, 2.75) is 18.7 Å². The van der Waals surface area contributed by atoms with Gasteiger partial charge in [0.05, 0.1) is 10.5 Å². The SMILES string of the molecule is CC(=O)Oc1ccccc1C(=O)NCCN1CCN(S(=O)(=O)c2ccc(C)cc2)CC1. The Bertz CT molecular complexity index is 1030. The molecule has 1 saturated heterocycles. The Kier molecular flexibility index (Phi) is 7.42. The van der Waals surface area contributed by atoms with Gasteiger partial charge in [-0.15, -0.1) is 0 Å². The highest BCUT2D eigenvalue weighted by Crippen LogP contribution is 2.19. The number of aryl methyl sites for hydroxylation is 1. The van der Waals surface area contributed by atoms with E-state index in [-0.39, 0.29) is 11.7 Å². The minimum Gasteiger partial charge on any atom is -0.426 e. The lowest BCUT2D eigenvalue weighted by Crippen LogP contribution is -2.50. The molecule has 9 heteroatoms. The van der Waals surface area contributed by atoms with Crippen molar-refractivity contribution < 1.29 is 22.7 Å². The van der Waals surface area contributed by atoms with Gasteiger partial charge in [-0.3, -0.25) is 14.5 Å². The fourth-order valence-corrected chi connectivity index (χ4v) is 4.80. The third-order valence-electron chi connectivity index (χ3n) is 5.09. The second-order valence-electron chi connectivity index (χ2n) is 7.40. The van der Waals surface area contributed by atoms with Crippen molar-refractivity contribution >= 4 is 21.9 Å². The average Bonchev–Trinajstić information content (AvgIpc) is 2.74. The number of esters is 1. The van der Waals surface area contributed by atoms with Gasteiger partial charge < -0.3 is 10.1 Å². The number of hydrogen-bond donors (Lipinski definition) is 1. The van der Waals surface area contributed by atoms with Gasteiger partial charge in [0.15, 0.2) is 0 Å².